The molecule has 0 saturated carbocycles. The highest BCUT2D eigenvalue weighted by atomic mass is 16.7. The van der Waals surface area contributed by atoms with Crippen LogP contribution >= 0.6 is 0 Å². The average molecular weight is 226 g/mol. The Kier molecular flexibility index (Phi) is 2.03. The number of esters is 1. The summed E-state index contributed by atoms with van der Waals surface area (Å²) in [5, 5.41) is 10.5. The lowest BCUT2D eigenvalue weighted by atomic mass is 9.96. The summed E-state index contributed by atoms with van der Waals surface area (Å²) in [6, 6.07) is 15.8. The van der Waals surface area contributed by atoms with Gasteiger partial charge in [0.2, 0.25) is 0 Å². The third-order valence-electron chi connectivity index (χ3n) is 2.92. The maximum absolute atomic E-state index is 11.7. The van der Waals surface area contributed by atoms with Crippen LogP contribution in [0.1, 0.15) is 21.5 Å². The van der Waals surface area contributed by atoms with Crippen LogP contribution in [0.4, 0.5) is 0 Å². The summed E-state index contributed by atoms with van der Waals surface area (Å²) in [4.78, 5) is 11.7. The second-order valence-corrected chi connectivity index (χ2v) is 3.95. The molecule has 3 heteroatoms. The normalized spacial score (nSPS) is 22.1. The van der Waals surface area contributed by atoms with Crippen LogP contribution in [-0.4, -0.2) is 11.1 Å². The molecule has 0 aliphatic carbocycles. The van der Waals surface area contributed by atoms with E-state index in [1.807, 2.05) is 6.07 Å². The molecule has 3 nitrogen and oxygen atoms in total. The molecular formula is C14H10O3. The first-order valence-electron chi connectivity index (χ1n) is 5.32. The summed E-state index contributed by atoms with van der Waals surface area (Å²) in [7, 11) is 0. The van der Waals surface area contributed by atoms with E-state index in [0.29, 0.717) is 16.7 Å². The van der Waals surface area contributed by atoms with E-state index < -0.39 is 11.8 Å². The highest BCUT2D eigenvalue weighted by molar-refractivity contribution is 5.95. The van der Waals surface area contributed by atoms with Crippen molar-refractivity contribution in [3.63, 3.8) is 0 Å². The third-order valence-corrected chi connectivity index (χ3v) is 2.92. The fraction of sp³-hybridized carbons (Fsp3) is 0.0714. The number of rotatable bonds is 1. The Balaban J connectivity index is 2.21. The van der Waals surface area contributed by atoms with Crippen LogP contribution in [0.5, 0.6) is 0 Å². The number of hydrogen-bond donors (Lipinski definition) is 1. The first kappa shape index (κ1) is 10.1. The molecule has 2 aromatic rings. The van der Waals surface area contributed by atoms with Crippen LogP contribution in [-0.2, 0) is 10.5 Å². The molecule has 0 saturated heterocycles. The van der Waals surface area contributed by atoms with Gasteiger partial charge >= 0.3 is 5.97 Å². The van der Waals surface area contributed by atoms with E-state index in [-0.39, 0.29) is 0 Å². The maximum Gasteiger partial charge on any atom is 0.341 e. The zero-order valence-electron chi connectivity index (χ0n) is 8.96. The van der Waals surface area contributed by atoms with Gasteiger partial charge in [-0.1, -0.05) is 48.5 Å². The molecule has 0 spiro atoms. The molecule has 17 heavy (non-hydrogen) atoms. The van der Waals surface area contributed by atoms with Crippen molar-refractivity contribution in [3.8, 4) is 0 Å². The smallest absolute Gasteiger partial charge is 0.341 e. The van der Waals surface area contributed by atoms with Gasteiger partial charge in [0.25, 0.3) is 5.79 Å². The fourth-order valence-corrected chi connectivity index (χ4v) is 2.08. The monoisotopic (exact) mass is 226 g/mol. The molecule has 1 aliphatic rings. The molecule has 0 bridgehead atoms. The predicted molar refractivity (Wildman–Crippen MR) is 61.3 cm³/mol. The number of cyclic esters (lactones) is 1. The Morgan fingerprint density at radius 3 is 2.35 bits per heavy atom. The Morgan fingerprint density at radius 2 is 1.59 bits per heavy atom. The van der Waals surface area contributed by atoms with Gasteiger partial charge in [0.15, 0.2) is 0 Å². The molecule has 0 amide bonds. The first-order chi connectivity index (χ1) is 8.22. The van der Waals surface area contributed by atoms with Gasteiger partial charge in [-0.05, 0) is 6.07 Å². The number of benzene rings is 2. The van der Waals surface area contributed by atoms with Gasteiger partial charge in [0.1, 0.15) is 0 Å². The van der Waals surface area contributed by atoms with Gasteiger partial charge in [-0.25, -0.2) is 4.79 Å². The predicted octanol–water partition coefficient (Wildman–Crippen LogP) is 2.05. The van der Waals surface area contributed by atoms with Gasteiger partial charge in [-0.15, -0.1) is 0 Å². The standard InChI is InChI=1S/C14H10O3/c15-13-11-8-4-5-9-12(11)14(16,17-13)10-6-2-1-3-7-10/h1-9,16H. The Morgan fingerprint density at radius 1 is 0.941 bits per heavy atom. The summed E-state index contributed by atoms with van der Waals surface area (Å²) in [5.74, 6) is -2.15. The summed E-state index contributed by atoms with van der Waals surface area (Å²) >= 11 is 0. The minimum Gasteiger partial charge on any atom is -0.421 e. The molecule has 1 aliphatic heterocycles. The molecule has 84 valence electrons. The lowest BCUT2D eigenvalue weighted by Gasteiger charge is -2.22. The van der Waals surface area contributed by atoms with Crippen molar-refractivity contribution in [3.05, 3.63) is 71.3 Å². The molecular weight excluding hydrogens is 216 g/mol. The van der Waals surface area contributed by atoms with E-state index in [4.69, 9.17) is 4.74 Å². The van der Waals surface area contributed by atoms with Crippen LogP contribution in [0.25, 0.3) is 0 Å². The minimum absolute atomic E-state index is 0.416. The molecule has 3 rings (SSSR count). The van der Waals surface area contributed by atoms with E-state index in [0.717, 1.165) is 0 Å². The molecule has 0 aromatic heterocycles. The Hall–Kier alpha value is -2.13. The van der Waals surface area contributed by atoms with E-state index >= 15 is 0 Å². The summed E-state index contributed by atoms with van der Waals surface area (Å²) < 4.78 is 5.12. The SMILES string of the molecule is O=C1OC(O)(c2ccccc2)c2ccccc21. The first-order valence-corrected chi connectivity index (χ1v) is 5.32. The van der Waals surface area contributed by atoms with Crippen molar-refractivity contribution in [1.29, 1.82) is 0 Å². The van der Waals surface area contributed by atoms with Gasteiger partial charge in [-0.3, -0.25) is 0 Å². The number of ether oxygens (including phenoxy) is 1. The second kappa shape index (κ2) is 3.43. The molecule has 1 unspecified atom stereocenters. The number of carbonyl (C=O) groups is 1. The highest BCUT2D eigenvalue weighted by Crippen LogP contribution is 2.39. The van der Waals surface area contributed by atoms with Crippen LogP contribution in [0, 0.1) is 0 Å². The lowest BCUT2D eigenvalue weighted by molar-refractivity contribution is -0.129. The largest absolute Gasteiger partial charge is 0.421 e. The highest BCUT2D eigenvalue weighted by Gasteiger charge is 2.45. The number of aliphatic hydroxyl groups is 1. The lowest BCUT2D eigenvalue weighted by Crippen LogP contribution is -2.26. The van der Waals surface area contributed by atoms with E-state index in [1.54, 1.807) is 48.5 Å². The van der Waals surface area contributed by atoms with Gasteiger partial charge in [0.05, 0.1) is 5.56 Å². The zero-order valence-corrected chi connectivity index (χ0v) is 8.96. The van der Waals surface area contributed by atoms with Crippen molar-refractivity contribution < 1.29 is 14.6 Å². The van der Waals surface area contributed by atoms with E-state index in [1.165, 1.54) is 0 Å². The fourth-order valence-electron chi connectivity index (χ4n) is 2.08. The van der Waals surface area contributed by atoms with Gasteiger partial charge in [0, 0.05) is 11.1 Å². The quantitative estimate of drug-likeness (QED) is 0.757. The topological polar surface area (TPSA) is 46.5 Å². The zero-order chi connectivity index (χ0) is 11.9. The van der Waals surface area contributed by atoms with E-state index in [9.17, 15) is 9.90 Å². The van der Waals surface area contributed by atoms with Crippen LogP contribution in [0.15, 0.2) is 54.6 Å². The van der Waals surface area contributed by atoms with Crippen molar-refractivity contribution in [2.75, 3.05) is 0 Å². The summed E-state index contributed by atoms with van der Waals surface area (Å²) in [6.07, 6.45) is 0. The third kappa shape index (κ3) is 1.36. The second-order valence-electron chi connectivity index (χ2n) is 3.95. The van der Waals surface area contributed by atoms with Crippen molar-refractivity contribution in [2.45, 2.75) is 5.79 Å². The van der Waals surface area contributed by atoms with Crippen molar-refractivity contribution in [2.24, 2.45) is 0 Å². The molecule has 0 fully saturated rings. The van der Waals surface area contributed by atoms with Crippen molar-refractivity contribution >= 4 is 5.97 Å². The van der Waals surface area contributed by atoms with Gasteiger partial charge in [-0.2, -0.15) is 0 Å². The van der Waals surface area contributed by atoms with E-state index in [2.05, 4.69) is 0 Å². The van der Waals surface area contributed by atoms with Crippen LogP contribution < -0.4 is 0 Å². The summed E-state index contributed by atoms with van der Waals surface area (Å²) in [6.45, 7) is 0. The number of hydrogen-bond acceptors (Lipinski definition) is 3. The molecule has 0 radical (unpaired) electrons. The average Bonchev–Trinajstić information content (AvgIpc) is 2.65. The van der Waals surface area contributed by atoms with Gasteiger partial charge < -0.3 is 9.84 Å². The Labute approximate surface area is 98.3 Å². The van der Waals surface area contributed by atoms with Crippen LogP contribution in [0.3, 0.4) is 0 Å². The summed E-state index contributed by atoms with van der Waals surface area (Å²) in [5.41, 5.74) is 1.47. The Bertz CT molecular complexity index is 577. The molecule has 1 N–H and O–H groups in total. The minimum atomic E-state index is -1.66. The molecule has 1 heterocycles. The number of fused-ring (bicyclic) bond motifs is 1. The molecule has 1 atom stereocenters. The molecule has 2 aromatic carbocycles. The van der Waals surface area contributed by atoms with Crippen LogP contribution in [0.2, 0.25) is 0 Å². The van der Waals surface area contributed by atoms with Crippen molar-refractivity contribution in [1.82, 2.24) is 0 Å². The maximum atomic E-state index is 11.7. The number of carbonyl (C=O) groups excluding carboxylic acids is 1.